The average molecular weight is 338 g/mol. The van der Waals surface area contributed by atoms with E-state index in [2.05, 4.69) is 10.0 Å². The number of nitriles is 1. The molecule has 0 aliphatic heterocycles. The molecule has 0 aliphatic rings. The molecule has 0 atom stereocenters. The van der Waals surface area contributed by atoms with Gasteiger partial charge in [0.15, 0.2) is 0 Å². The maximum Gasteiger partial charge on any atom is 0.240 e. The molecule has 112 valence electrons. The van der Waals surface area contributed by atoms with Crippen LogP contribution in [0.3, 0.4) is 0 Å². The molecule has 0 aliphatic carbocycles. The van der Waals surface area contributed by atoms with Crippen molar-refractivity contribution in [3.05, 3.63) is 28.8 Å². The minimum Gasteiger partial charge on any atom is -0.315 e. The fraction of sp³-hybridized carbons (Fsp3) is 0.417. The van der Waals surface area contributed by atoms with Crippen LogP contribution in [0.4, 0.5) is 0 Å². The Hall–Kier alpha value is -0.840. The van der Waals surface area contributed by atoms with E-state index in [0.717, 1.165) is 13.0 Å². The zero-order chi connectivity index (χ0) is 14.3. The first-order valence-electron chi connectivity index (χ1n) is 5.91. The lowest BCUT2D eigenvalue weighted by molar-refractivity contribution is 0.575. The highest BCUT2D eigenvalue weighted by atomic mass is 35.5. The normalized spacial score (nSPS) is 10.7. The van der Waals surface area contributed by atoms with Gasteiger partial charge in [-0.1, -0.05) is 18.5 Å². The van der Waals surface area contributed by atoms with Gasteiger partial charge in [0.05, 0.1) is 15.5 Å². The molecular weight excluding hydrogens is 321 g/mol. The molecule has 2 N–H and O–H groups in total. The molecule has 0 radical (unpaired) electrons. The molecule has 0 saturated heterocycles. The van der Waals surface area contributed by atoms with Crippen LogP contribution in [-0.2, 0) is 10.0 Å². The second-order valence-electron chi connectivity index (χ2n) is 3.90. The van der Waals surface area contributed by atoms with Gasteiger partial charge in [0.2, 0.25) is 10.0 Å². The molecular formula is C12H17Cl2N3O2S. The Morgan fingerprint density at radius 3 is 2.60 bits per heavy atom. The number of sulfonamides is 1. The number of benzene rings is 1. The Morgan fingerprint density at radius 1 is 1.30 bits per heavy atom. The second-order valence-corrected chi connectivity index (χ2v) is 6.08. The van der Waals surface area contributed by atoms with Gasteiger partial charge in [-0.25, -0.2) is 13.1 Å². The summed E-state index contributed by atoms with van der Waals surface area (Å²) in [6.07, 6.45) is 0.995. The largest absolute Gasteiger partial charge is 0.315 e. The van der Waals surface area contributed by atoms with Gasteiger partial charge in [0, 0.05) is 13.1 Å². The van der Waals surface area contributed by atoms with Gasteiger partial charge in [0.1, 0.15) is 6.07 Å². The first-order valence-corrected chi connectivity index (χ1v) is 7.77. The highest BCUT2D eigenvalue weighted by molar-refractivity contribution is 7.89. The SMILES string of the molecule is CCCNCCNS(=O)(=O)c1ccc(Cl)c(C#N)c1.Cl. The lowest BCUT2D eigenvalue weighted by Crippen LogP contribution is -2.32. The van der Waals surface area contributed by atoms with Crippen molar-refractivity contribution in [1.29, 1.82) is 5.26 Å². The van der Waals surface area contributed by atoms with Crippen molar-refractivity contribution in [2.45, 2.75) is 18.2 Å². The first-order chi connectivity index (χ1) is 9.01. The zero-order valence-corrected chi connectivity index (χ0v) is 13.4. The smallest absolute Gasteiger partial charge is 0.240 e. The van der Waals surface area contributed by atoms with E-state index in [-0.39, 0.29) is 27.9 Å². The van der Waals surface area contributed by atoms with Crippen molar-refractivity contribution < 1.29 is 8.42 Å². The van der Waals surface area contributed by atoms with Crippen LogP contribution in [0.5, 0.6) is 0 Å². The monoisotopic (exact) mass is 337 g/mol. The lowest BCUT2D eigenvalue weighted by Gasteiger charge is -2.08. The topological polar surface area (TPSA) is 82.0 Å². The molecule has 0 spiro atoms. The molecule has 1 rings (SSSR count). The standard InChI is InChI=1S/C12H16ClN3O2S.ClH/c1-2-5-15-6-7-16-19(17,18)11-3-4-12(13)10(8-11)9-14;/h3-4,8,15-16H,2,5-7H2,1H3;1H. The van der Waals surface area contributed by atoms with Crippen molar-refractivity contribution >= 4 is 34.0 Å². The molecule has 0 aromatic heterocycles. The number of hydrogen-bond donors (Lipinski definition) is 2. The maximum absolute atomic E-state index is 12.0. The molecule has 0 fully saturated rings. The van der Waals surface area contributed by atoms with E-state index in [1.54, 1.807) is 0 Å². The Kier molecular flexibility index (Phi) is 8.78. The lowest BCUT2D eigenvalue weighted by atomic mass is 10.2. The van der Waals surface area contributed by atoms with E-state index in [9.17, 15) is 8.42 Å². The molecule has 0 unspecified atom stereocenters. The maximum atomic E-state index is 12.0. The van der Waals surface area contributed by atoms with E-state index >= 15 is 0 Å². The Bertz CT molecular complexity index is 571. The quantitative estimate of drug-likeness (QED) is 0.744. The van der Waals surface area contributed by atoms with Crippen molar-refractivity contribution in [1.82, 2.24) is 10.0 Å². The van der Waals surface area contributed by atoms with E-state index in [0.29, 0.717) is 13.1 Å². The number of halogens is 2. The highest BCUT2D eigenvalue weighted by Gasteiger charge is 2.14. The summed E-state index contributed by atoms with van der Waals surface area (Å²) in [6.45, 7) is 3.74. The predicted octanol–water partition coefficient (Wildman–Crippen LogP) is 1.91. The molecule has 20 heavy (non-hydrogen) atoms. The van der Waals surface area contributed by atoms with Crippen molar-refractivity contribution in [3.8, 4) is 6.07 Å². The van der Waals surface area contributed by atoms with E-state index in [4.69, 9.17) is 16.9 Å². The van der Waals surface area contributed by atoms with Gasteiger partial charge in [-0.3, -0.25) is 0 Å². The Morgan fingerprint density at radius 2 is 2.00 bits per heavy atom. The highest BCUT2D eigenvalue weighted by Crippen LogP contribution is 2.19. The molecule has 1 aromatic rings. The molecule has 0 bridgehead atoms. The van der Waals surface area contributed by atoms with Crippen molar-refractivity contribution in [3.63, 3.8) is 0 Å². The second kappa shape index (κ2) is 9.16. The minimum atomic E-state index is -3.60. The van der Waals surface area contributed by atoms with Gasteiger partial charge in [0.25, 0.3) is 0 Å². The Balaban J connectivity index is 0.00000361. The third-order valence-electron chi connectivity index (χ3n) is 2.39. The molecule has 5 nitrogen and oxygen atoms in total. The summed E-state index contributed by atoms with van der Waals surface area (Å²) in [5.41, 5.74) is 0.147. The van der Waals surface area contributed by atoms with E-state index in [1.165, 1.54) is 18.2 Å². The Labute approximate surface area is 130 Å². The van der Waals surface area contributed by atoms with Crippen LogP contribution < -0.4 is 10.0 Å². The molecule has 0 amide bonds. The van der Waals surface area contributed by atoms with Crippen LogP contribution in [0, 0.1) is 11.3 Å². The van der Waals surface area contributed by atoms with Crippen LogP contribution in [0.1, 0.15) is 18.9 Å². The molecule has 0 heterocycles. The van der Waals surface area contributed by atoms with Gasteiger partial charge in [-0.2, -0.15) is 5.26 Å². The average Bonchev–Trinajstić information content (AvgIpc) is 2.38. The molecule has 8 heteroatoms. The summed E-state index contributed by atoms with van der Waals surface area (Å²) in [5.74, 6) is 0. The number of nitrogens with zero attached hydrogens (tertiary/aromatic N) is 1. The third-order valence-corrected chi connectivity index (χ3v) is 4.18. The van der Waals surface area contributed by atoms with Crippen LogP contribution in [0.15, 0.2) is 23.1 Å². The fourth-order valence-corrected chi connectivity index (χ4v) is 2.63. The van der Waals surface area contributed by atoms with Crippen LogP contribution >= 0.6 is 24.0 Å². The summed E-state index contributed by atoms with van der Waals surface area (Å²) in [6, 6.07) is 5.91. The number of hydrogen-bond acceptors (Lipinski definition) is 4. The summed E-state index contributed by atoms with van der Waals surface area (Å²) < 4.78 is 26.4. The molecule has 0 saturated carbocycles. The number of rotatable bonds is 7. The minimum absolute atomic E-state index is 0. The molecule has 1 aromatic carbocycles. The van der Waals surface area contributed by atoms with Gasteiger partial charge in [-0.15, -0.1) is 12.4 Å². The van der Waals surface area contributed by atoms with Crippen molar-refractivity contribution in [2.24, 2.45) is 0 Å². The van der Waals surface area contributed by atoms with Gasteiger partial charge < -0.3 is 5.32 Å². The summed E-state index contributed by atoms with van der Waals surface area (Å²) >= 11 is 5.76. The van der Waals surface area contributed by atoms with E-state index in [1.807, 2.05) is 13.0 Å². The van der Waals surface area contributed by atoms with Crippen LogP contribution in [0.2, 0.25) is 5.02 Å². The third kappa shape index (κ3) is 5.65. The van der Waals surface area contributed by atoms with Crippen LogP contribution in [0.25, 0.3) is 0 Å². The fourth-order valence-electron chi connectivity index (χ4n) is 1.42. The summed E-state index contributed by atoms with van der Waals surface area (Å²) in [7, 11) is -3.60. The van der Waals surface area contributed by atoms with Gasteiger partial charge in [-0.05, 0) is 31.2 Å². The first kappa shape index (κ1) is 19.2. The van der Waals surface area contributed by atoms with Gasteiger partial charge >= 0.3 is 0 Å². The zero-order valence-electron chi connectivity index (χ0n) is 11.0. The van der Waals surface area contributed by atoms with E-state index < -0.39 is 10.0 Å². The summed E-state index contributed by atoms with van der Waals surface area (Å²) in [4.78, 5) is 0.0453. The van der Waals surface area contributed by atoms with Crippen LogP contribution in [-0.4, -0.2) is 28.1 Å². The predicted molar refractivity (Wildman–Crippen MR) is 81.8 cm³/mol. The number of nitrogens with one attached hydrogen (secondary N) is 2. The summed E-state index contributed by atoms with van der Waals surface area (Å²) in [5, 5.41) is 12.2. The van der Waals surface area contributed by atoms with Crippen molar-refractivity contribution in [2.75, 3.05) is 19.6 Å².